The number of rotatable bonds is 8. The van der Waals surface area contributed by atoms with Crippen molar-refractivity contribution in [3.63, 3.8) is 0 Å². The van der Waals surface area contributed by atoms with E-state index in [0.717, 1.165) is 23.4 Å². The van der Waals surface area contributed by atoms with Crippen LogP contribution in [0.2, 0.25) is 0 Å². The maximum Gasteiger partial charge on any atom is 0.277 e. The lowest BCUT2D eigenvalue weighted by molar-refractivity contribution is -0.122. The van der Waals surface area contributed by atoms with Gasteiger partial charge in [0.25, 0.3) is 5.91 Å². The summed E-state index contributed by atoms with van der Waals surface area (Å²) < 4.78 is 5.57. The van der Waals surface area contributed by atoms with Gasteiger partial charge in [0, 0.05) is 44.6 Å². The normalized spacial score (nSPS) is 15.3. The largest absolute Gasteiger partial charge is 0.496 e. The Labute approximate surface area is 183 Å². The Morgan fingerprint density at radius 1 is 1.20 bits per heavy atom. The molecule has 0 atom stereocenters. The highest BCUT2D eigenvalue weighted by molar-refractivity contribution is 7.80. The molecule has 0 bridgehead atoms. The Hall–Kier alpha value is -2.90. The number of thiocarbonyl (C=S) groups is 1. The Balaban J connectivity index is 1.86. The fraction of sp³-hybridized carbons (Fsp3) is 0.304. The van der Waals surface area contributed by atoms with E-state index in [0.29, 0.717) is 29.5 Å². The zero-order valence-corrected chi connectivity index (χ0v) is 18.4. The average Bonchev–Trinajstić information content (AvgIpc) is 2.96. The molecule has 0 saturated carbocycles. The second-order valence-electron chi connectivity index (χ2n) is 7.17. The van der Waals surface area contributed by atoms with E-state index in [1.54, 1.807) is 24.0 Å². The summed E-state index contributed by atoms with van der Waals surface area (Å²) in [5.41, 5.74) is 3.32. The maximum atomic E-state index is 13.1. The molecular weight excluding hydrogens is 398 g/mol. The fourth-order valence-corrected chi connectivity index (χ4v) is 3.60. The van der Waals surface area contributed by atoms with E-state index in [9.17, 15) is 4.79 Å². The molecule has 1 aliphatic rings. The molecule has 0 unspecified atom stereocenters. The number of aliphatic hydroxyl groups excluding tert-OH is 1. The van der Waals surface area contributed by atoms with E-state index in [-0.39, 0.29) is 12.5 Å². The minimum Gasteiger partial charge on any atom is -0.496 e. The van der Waals surface area contributed by atoms with Crippen molar-refractivity contribution in [1.82, 2.24) is 9.80 Å². The van der Waals surface area contributed by atoms with Gasteiger partial charge >= 0.3 is 0 Å². The number of hydrogen-bond acceptors (Lipinski definition) is 5. The molecule has 7 heteroatoms. The molecule has 1 aliphatic heterocycles. The van der Waals surface area contributed by atoms with Crippen LogP contribution in [0.5, 0.6) is 5.75 Å². The molecule has 2 aromatic carbocycles. The van der Waals surface area contributed by atoms with Crippen LogP contribution in [0.1, 0.15) is 17.5 Å². The van der Waals surface area contributed by atoms with Crippen LogP contribution in [-0.2, 0) is 11.3 Å². The lowest BCUT2D eigenvalue weighted by Gasteiger charge is -2.20. The Morgan fingerprint density at radius 3 is 2.60 bits per heavy atom. The Kier molecular flexibility index (Phi) is 7.07. The second kappa shape index (κ2) is 9.73. The number of nitrogens with zero attached hydrogens (tertiary/aromatic N) is 3. The van der Waals surface area contributed by atoms with Crippen molar-refractivity contribution in [1.29, 1.82) is 0 Å². The second-order valence-corrected chi connectivity index (χ2v) is 7.54. The maximum absolute atomic E-state index is 13.1. The van der Waals surface area contributed by atoms with Crippen LogP contribution in [0.25, 0.3) is 6.08 Å². The number of aliphatic hydroxyl groups is 1. The van der Waals surface area contributed by atoms with Crippen LogP contribution in [0.15, 0.2) is 54.2 Å². The molecule has 0 spiro atoms. The molecule has 0 aromatic heterocycles. The summed E-state index contributed by atoms with van der Waals surface area (Å²) in [6, 6.07) is 15.6. The van der Waals surface area contributed by atoms with Crippen molar-refractivity contribution < 1.29 is 14.6 Å². The molecule has 0 radical (unpaired) electrons. The van der Waals surface area contributed by atoms with Crippen LogP contribution in [0.4, 0.5) is 5.69 Å². The predicted octanol–water partition coefficient (Wildman–Crippen LogP) is 3.11. The van der Waals surface area contributed by atoms with E-state index in [1.807, 2.05) is 61.7 Å². The predicted molar refractivity (Wildman–Crippen MR) is 123 cm³/mol. The zero-order chi connectivity index (χ0) is 21.7. The number of carbonyl (C=O) groups is 1. The molecule has 1 N–H and O–H groups in total. The standard InChI is InChI=1S/C23H27N3O3S/c1-24(12-7-13-27)19-11-10-18(21(15-19)29-3)14-20-22(28)26(23(30)25(20)2)16-17-8-5-4-6-9-17/h4-6,8-11,14-15,27H,7,12-13,16H2,1-3H3/b20-14+. The van der Waals surface area contributed by atoms with Gasteiger partial charge in [-0.15, -0.1) is 0 Å². The number of methoxy groups -OCH3 is 1. The molecule has 30 heavy (non-hydrogen) atoms. The first-order chi connectivity index (χ1) is 14.5. The molecule has 1 fully saturated rings. The fourth-order valence-electron chi connectivity index (χ4n) is 3.36. The van der Waals surface area contributed by atoms with E-state index in [1.165, 1.54) is 0 Å². The molecule has 158 valence electrons. The highest BCUT2D eigenvalue weighted by Gasteiger charge is 2.35. The number of carbonyl (C=O) groups excluding carboxylic acids is 1. The molecule has 1 saturated heterocycles. The summed E-state index contributed by atoms with van der Waals surface area (Å²) in [4.78, 5) is 18.5. The number of hydrogen-bond donors (Lipinski definition) is 1. The third kappa shape index (κ3) is 4.63. The van der Waals surface area contributed by atoms with Crippen molar-refractivity contribution in [2.24, 2.45) is 0 Å². The summed E-state index contributed by atoms with van der Waals surface area (Å²) in [5.74, 6) is 0.544. The molecule has 1 amide bonds. The molecular formula is C23H27N3O3S. The van der Waals surface area contributed by atoms with Crippen LogP contribution in [0, 0.1) is 0 Å². The first-order valence-corrected chi connectivity index (χ1v) is 10.2. The lowest BCUT2D eigenvalue weighted by atomic mass is 10.1. The van der Waals surface area contributed by atoms with Crippen LogP contribution in [-0.4, -0.2) is 60.3 Å². The van der Waals surface area contributed by atoms with Gasteiger partial charge in [0.05, 0.1) is 13.7 Å². The van der Waals surface area contributed by atoms with Gasteiger partial charge in [-0.1, -0.05) is 30.3 Å². The lowest BCUT2D eigenvalue weighted by Crippen LogP contribution is -2.30. The number of anilines is 1. The Morgan fingerprint density at radius 2 is 1.93 bits per heavy atom. The van der Waals surface area contributed by atoms with Crippen molar-refractivity contribution >= 4 is 35.0 Å². The third-order valence-electron chi connectivity index (χ3n) is 5.13. The van der Waals surface area contributed by atoms with Gasteiger partial charge in [0.1, 0.15) is 11.4 Å². The van der Waals surface area contributed by atoms with Crippen molar-refractivity contribution in [3.05, 3.63) is 65.4 Å². The summed E-state index contributed by atoms with van der Waals surface area (Å²) in [7, 11) is 5.39. The van der Waals surface area contributed by atoms with Crippen molar-refractivity contribution in [2.75, 3.05) is 39.3 Å². The van der Waals surface area contributed by atoms with Gasteiger partial charge in [-0.25, -0.2) is 0 Å². The van der Waals surface area contributed by atoms with Crippen LogP contribution >= 0.6 is 12.2 Å². The van der Waals surface area contributed by atoms with Gasteiger partial charge < -0.3 is 19.6 Å². The third-order valence-corrected chi connectivity index (χ3v) is 5.62. The molecule has 6 nitrogen and oxygen atoms in total. The van der Waals surface area contributed by atoms with Gasteiger partial charge in [0.15, 0.2) is 5.11 Å². The summed E-state index contributed by atoms with van der Waals surface area (Å²) in [6.07, 6.45) is 2.51. The topological polar surface area (TPSA) is 56.3 Å². The summed E-state index contributed by atoms with van der Waals surface area (Å²) >= 11 is 5.52. The van der Waals surface area contributed by atoms with Gasteiger partial charge in [-0.2, -0.15) is 0 Å². The molecule has 3 rings (SSSR count). The van der Waals surface area contributed by atoms with Crippen molar-refractivity contribution in [3.8, 4) is 5.75 Å². The molecule has 2 aromatic rings. The van der Waals surface area contributed by atoms with Crippen LogP contribution < -0.4 is 9.64 Å². The van der Waals surface area contributed by atoms with E-state index in [2.05, 4.69) is 4.90 Å². The van der Waals surface area contributed by atoms with Gasteiger partial charge in [-0.3, -0.25) is 9.69 Å². The highest BCUT2D eigenvalue weighted by Crippen LogP contribution is 2.30. The summed E-state index contributed by atoms with van der Waals surface area (Å²) in [6.45, 7) is 1.33. The smallest absolute Gasteiger partial charge is 0.277 e. The van der Waals surface area contributed by atoms with Crippen molar-refractivity contribution in [2.45, 2.75) is 13.0 Å². The Bertz CT molecular complexity index is 946. The van der Waals surface area contributed by atoms with E-state index in [4.69, 9.17) is 22.1 Å². The number of ether oxygens (including phenoxy) is 1. The average molecular weight is 426 g/mol. The SMILES string of the molecule is COc1cc(N(C)CCCO)ccc1/C=C1\C(=O)N(Cc2ccccc2)C(=S)N1C. The zero-order valence-electron chi connectivity index (χ0n) is 17.5. The molecule has 1 heterocycles. The monoisotopic (exact) mass is 425 g/mol. The number of benzene rings is 2. The summed E-state index contributed by atoms with van der Waals surface area (Å²) in [5, 5.41) is 9.52. The van der Waals surface area contributed by atoms with Crippen LogP contribution in [0.3, 0.4) is 0 Å². The first kappa shape index (κ1) is 21.8. The number of likely N-dealkylation sites (N-methyl/N-ethyl adjacent to an activating group) is 1. The molecule has 0 aliphatic carbocycles. The minimum absolute atomic E-state index is 0.127. The van der Waals surface area contributed by atoms with Gasteiger partial charge in [-0.05, 0) is 42.4 Å². The minimum atomic E-state index is -0.127. The quantitative estimate of drug-likeness (QED) is 0.518. The van der Waals surface area contributed by atoms with E-state index < -0.39 is 0 Å². The van der Waals surface area contributed by atoms with Gasteiger partial charge in [0.2, 0.25) is 0 Å². The van der Waals surface area contributed by atoms with E-state index >= 15 is 0 Å². The highest BCUT2D eigenvalue weighted by atomic mass is 32.1. The first-order valence-electron chi connectivity index (χ1n) is 9.81. The number of amides is 1.